The molecule has 0 fully saturated rings. The molecule has 0 saturated heterocycles. The Balaban J connectivity index is 4.21. The summed E-state index contributed by atoms with van der Waals surface area (Å²) in [5, 5.41) is 9.14. The fourth-order valence-corrected chi connectivity index (χ4v) is 1.21. The highest BCUT2D eigenvalue weighted by atomic mass is 16.3. The van der Waals surface area contributed by atoms with Gasteiger partial charge in [-0.3, -0.25) is 4.79 Å². The van der Waals surface area contributed by atoms with E-state index in [2.05, 4.69) is 0 Å². The van der Waals surface area contributed by atoms with Gasteiger partial charge in [-0.1, -0.05) is 25.5 Å². The van der Waals surface area contributed by atoms with E-state index in [0.29, 0.717) is 0 Å². The quantitative estimate of drug-likeness (QED) is 0.666. The number of carbonyl (C=O) groups excluding carboxylic acids is 1. The van der Waals surface area contributed by atoms with E-state index in [-0.39, 0.29) is 11.7 Å². The summed E-state index contributed by atoms with van der Waals surface area (Å²) in [7, 11) is 0. The molecule has 76 valence electrons. The lowest BCUT2D eigenvalue weighted by Crippen LogP contribution is -2.08. The van der Waals surface area contributed by atoms with E-state index in [1.54, 1.807) is 13.8 Å². The summed E-state index contributed by atoms with van der Waals surface area (Å²) in [6, 6.07) is 0. The van der Waals surface area contributed by atoms with Gasteiger partial charge in [0.15, 0.2) is 0 Å². The summed E-state index contributed by atoms with van der Waals surface area (Å²) in [6.45, 7) is 7.31. The van der Waals surface area contributed by atoms with Gasteiger partial charge in [0, 0.05) is 5.92 Å². The summed E-state index contributed by atoms with van der Waals surface area (Å²) >= 11 is 0. The summed E-state index contributed by atoms with van der Waals surface area (Å²) < 4.78 is 0. The average molecular weight is 184 g/mol. The molecular weight excluding hydrogens is 164 g/mol. The Bertz CT molecular complexity index is 192. The lowest BCUT2D eigenvalue weighted by Gasteiger charge is -2.10. The maximum atomic E-state index is 11.0. The van der Waals surface area contributed by atoms with Crippen LogP contribution in [0.2, 0.25) is 0 Å². The molecule has 0 aromatic carbocycles. The molecule has 2 unspecified atom stereocenters. The average Bonchev–Trinajstić information content (AvgIpc) is 2.02. The second-order valence-corrected chi connectivity index (χ2v) is 3.63. The van der Waals surface area contributed by atoms with Crippen molar-refractivity contribution in [3.63, 3.8) is 0 Å². The Morgan fingerprint density at radius 3 is 2.31 bits per heavy atom. The van der Waals surface area contributed by atoms with E-state index < -0.39 is 6.10 Å². The molecule has 1 N–H and O–H groups in total. The Morgan fingerprint density at radius 2 is 2.00 bits per heavy atom. The summed E-state index contributed by atoms with van der Waals surface area (Å²) in [6.07, 6.45) is 3.10. The van der Waals surface area contributed by atoms with Gasteiger partial charge in [0.1, 0.15) is 5.78 Å². The van der Waals surface area contributed by atoms with Crippen LogP contribution in [0.4, 0.5) is 0 Å². The summed E-state index contributed by atoms with van der Waals surface area (Å²) in [5.41, 5.74) is 1.16. The van der Waals surface area contributed by atoms with Crippen molar-refractivity contribution in [2.24, 2.45) is 5.92 Å². The normalized spacial score (nSPS) is 16.8. The Hall–Kier alpha value is -0.630. The maximum absolute atomic E-state index is 11.0. The lowest BCUT2D eigenvalue weighted by atomic mass is 9.95. The highest BCUT2D eigenvalue weighted by Crippen LogP contribution is 2.15. The molecule has 0 radical (unpaired) electrons. The van der Waals surface area contributed by atoms with Crippen LogP contribution < -0.4 is 0 Å². The predicted octanol–water partition coefficient (Wildman–Crippen LogP) is 2.32. The molecule has 0 aliphatic rings. The van der Waals surface area contributed by atoms with Gasteiger partial charge in [-0.2, -0.15) is 0 Å². The molecule has 2 atom stereocenters. The standard InChI is InChI=1S/C11H20O2/c1-5-11(7-9(3)12)6-8(2)10(4)13/h7-9,12H,5-6H2,1-4H3/b11-7+. The smallest absolute Gasteiger partial charge is 0.132 e. The van der Waals surface area contributed by atoms with E-state index in [1.165, 1.54) is 0 Å². The molecule has 0 aromatic rings. The highest BCUT2D eigenvalue weighted by molar-refractivity contribution is 5.78. The van der Waals surface area contributed by atoms with Crippen molar-refractivity contribution in [2.45, 2.75) is 46.6 Å². The zero-order chi connectivity index (χ0) is 10.4. The maximum Gasteiger partial charge on any atom is 0.132 e. The van der Waals surface area contributed by atoms with E-state index in [4.69, 9.17) is 5.11 Å². The molecule has 0 aliphatic heterocycles. The number of aliphatic hydroxyl groups is 1. The van der Waals surface area contributed by atoms with E-state index in [0.717, 1.165) is 18.4 Å². The lowest BCUT2D eigenvalue weighted by molar-refractivity contribution is -0.120. The van der Waals surface area contributed by atoms with E-state index >= 15 is 0 Å². The summed E-state index contributed by atoms with van der Waals surface area (Å²) in [5.74, 6) is 0.287. The Kier molecular flexibility index (Phi) is 5.63. The van der Waals surface area contributed by atoms with Crippen molar-refractivity contribution in [1.82, 2.24) is 0 Å². The molecule has 0 bridgehead atoms. The molecule has 0 aliphatic carbocycles. The molecule has 0 rings (SSSR count). The molecule has 13 heavy (non-hydrogen) atoms. The number of ketones is 1. The number of hydrogen-bond acceptors (Lipinski definition) is 2. The third-order valence-electron chi connectivity index (χ3n) is 2.19. The van der Waals surface area contributed by atoms with Crippen molar-refractivity contribution in [3.05, 3.63) is 11.6 Å². The van der Waals surface area contributed by atoms with Crippen molar-refractivity contribution in [2.75, 3.05) is 0 Å². The van der Waals surface area contributed by atoms with Crippen LogP contribution in [0.1, 0.15) is 40.5 Å². The van der Waals surface area contributed by atoms with Gasteiger partial charge in [0.25, 0.3) is 0 Å². The molecule has 0 aromatic heterocycles. The zero-order valence-corrected chi connectivity index (χ0v) is 9.00. The highest BCUT2D eigenvalue weighted by Gasteiger charge is 2.09. The fourth-order valence-electron chi connectivity index (χ4n) is 1.21. The van der Waals surface area contributed by atoms with Gasteiger partial charge in [-0.15, -0.1) is 0 Å². The Labute approximate surface area is 80.7 Å². The third kappa shape index (κ3) is 5.58. The van der Waals surface area contributed by atoms with Gasteiger partial charge >= 0.3 is 0 Å². The number of rotatable bonds is 5. The second kappa shape index (κ2) is 5.92. The first-order chi connectivity index (χ1) is 5.97. The van der Waals surface area contributed by atoms with E-state index in [9.17, 15) is 4.79 Å². The minimum atomic E-state index is -0.408. The number of carbonyl (C=O) groups is 1. The van der Waals surface area contributed by atoms with Crippen molar-refractivity contribution >= 4 is 5.78 Å². The van der Waals surface area contributed by atoms with Gasteiger partial charge < -0.3 is 5.11 Å². The van der Waals surface area contributed by atoms with Crippen LogP contribution >= 0.6 is 0 Å². The van der Waals surface area contributed by atoms with Gasteiger partial charge in [-0.05, 0) is 26.7 Å². The predicted molar refractivity (Wildman–Crippen MR) is 54.5 cm³/mol. The first kappa shape index (κ1) is 12.4. The number of Topliss-reactive ketones (excluding diaryl/α,β-unsaturated/α-hetero) is 1. The fraction of sp³-hybridized carbons (Fsp3) is 0.727. The minimum absolute atomic E-state index is 0.0740. The van der Waals surface area contributed by atoms with Crippen LogP contribution in [-0.4, -0.2) is 17.0 Å². The molecule has 0 amide bonds. The zero-order valence-electron chi connectivity index (χ0n) is 9.00. The van der Waals surface area contributed by atoms with Gasteiger partial charge in [-0.25, -0.2) is 0 Å². The third-order valence-corrected chi connectivity index (χ3v) is 2.19. The second-order valence-electron chi connectivity index (χ2n) is 3.63. The first-order valence-electron chi connectivity index (χ1n) is 4.85. The molecule has 0 saturated carbocycles. The number of hydrogen-bond donors (Lipinski definition) is 1. The van der Waals surface area contributed by atoms with Crippen LogP contribution in [0.3, 0.4) is 0 Å². The van der Waals surface area contributed by atoms with Crippen molar-refractivity contribution in [1.29, 1.82) is 0 Å². The number of allylic oxidation sites excluding steroid dienone is 1. The Morgan fingerprint density at radius 1 is 1.46 bits per heavy atom. The summed E-state index contributed by atoms with van der Waals surface area (Å²) in [4.78, 5) is 11.0. The van der Waals surface area contributed by atoms with E-state index in [1.807, 2.05) is 19.9 Å². The van der Waals surface area contributed by atoms with Gasteiger partial charge in [0.05, 0.1) is 6.10 Å². The largest absolute Gasteiger partial charge is 0.389 e. The molecule has 0 heterocycles. The first-order valence-corrected chi connectivity index (χ1v) is 4.85. The van der Waals surface area contributed by atoms with Crippen LogP contribution in [0.25, 0.3) is 0 Å². The van der Waals surface area contributed by atoms with Crippen molar-refractivity contribution < 1.29 is 9.90 Å². The molecule has 0 spiro atoms. The SMILES string of the molecule is CC/C(=C\C(C)O)CC(C)C(C)=O. The molecular formula is C11H20O2. The van der Waals surface area contributed by atoms with Gasteiger partial charge in [0.2, 0.25) is 0 Å². The van der Waals surface area contributed by atoms with Crippen LogP contribution in [0.5, 0.6) is 0 Å². The number of aliphatic hydroxyl groups excluding tert-OH is 1. The topological polar surface area (TPSA) is 37.3 Å². The monoisotopic (exact) mass is 184 g/mol. The van der Waals surface area contributed by atoms with Crippen molar-refractivity contribution in [3.8, 4) is 0 Å². The molecule has 2 heteroatoms. The van der Waals surface area contributed by atoms with Crippen LogP contribution in [-0.2, 0) is 4.79 Å². The minimum Gasteiger partial charge on any atom is -0.389 e. The van der Waals surface area contributed by atoms with Crippen LogP contribution in [0.15, 0.2) is 11.6 Å². The van der Waals surface area contributed by atoms with Crippen LogP contribution in [0, 0.1) is 5.92 Å². The molecule has 2 nitrogen and oxygen atoms in total.